The molecule has 2 aliphatic carbocycles. The van der Waals surface area contributed by atoms with Crippen LogP contribution in [0.3, 0.4) is 0 Å². The fourth-order valence-corrected chi connectivity index (χ4v) is 9.04. The molecule has 0 bridgehead atoms. The molecule has 0 radical (unpaired) electrons. The zero-order chi connectivity index (χ0) is 35.2. The quantitative estimate of drug-likeness (QED) is 0.165. The number of hydrogen-bond donors (Lipinski definition) is 0. The van der Waals surface area contributed by atoms with E-state index in [-0.39, 0.29) is 5.41 Å². The Morgan fingerprint density at radius 1 is 0.321 bits per heavy atom. The highest BCUT2D eigenvalue weighted by atomic mass is 15.1. The highest BCUT2D eigenvalue weighted by Crippen LogP contribution is 2.55. The Morgan fingerprint density at radius 2 is 0.736 bits per heavy atom. The monoisotopic (exact) mass is 680 g/mol. The number of benzene rings is 8. The Bertz CT molecular complexity index is 2520. The Kier molecular flexibility index (Phi) is 7.69. The van der Waals surface area contributed by atoms with Crippen LogP contribution in [-0.4, -0.2) is 0 Å². The standard InChI is InChI=1S/C51H40N2/c1-4-12-37(13-5-1)39-20-25-45(26-21-39)53(46-27-22-38-14-10-11-15-42(38)34-46)48-29-24-41-31-33-51(50(41)36-48)32-30-40-23-28-47(35-49(40)51)52(43-16-6-2-7-17-43)44-18-8-3-9-19-44/h1-29,34-36H,30-33H2/t51-/m1/s1. The average Bonchev–Trinajstić information content (AvgIpc) is 3.79. The number of para-hydroxylation sites is 2. The summed E-state index contributed by atoms with van der Waals surface area (Å²) in [5, 5.41) is 2.49. The third-order valence-electron chi connectivity index (χ3n) is 11.6. The molecule has 2 aliphatic rings. The second-order valence-electron chi connectivity index (χ2n) is 14.6. The van der Waals surface area contributed by atoms with E-state index in [9.17, 15) is 0 Å². The summed E-state index contributed by atoms with van der Waals surface area (Å²) in [6.45, 7) is 0. The third-order valence-corrected chi connectivity index (χ3v) is 11.6. The first kappa shape index (κ1) is 31.4. The second kappa shape index (κ2) is 13.0. The Morgan fingerprint density at radius 3 is 1.32 bits per heavy atom. The molecule has 0 saturated carbocycles. The number of fused-ring (bicyclic) bond motifs is 5. The molecule has 2 heteroatoms. The van der Waals surface area contributed by atoms with E-state index in [0.29, 0.717) is 0 Å². The molecule has 0 amide bonds. The van der Waals surface area contributed by atoms with Crippen LogP contribution in [0.5, 0.6) is 0 Å². The smallest absolute Gasteiger partial charge is 0.0468 e. The van der Waals surface area contributed by atoms with E-state index in [1.807, 2.05) is 0 Å². The predicted octanol–water partition coefficient (Wildman–Crippen LogP) is 13.6. The van der Waals surface area contributed by atoms with Gasteiger partial charge < -0.3 is 9.80 Å². The van der Waals surface area contributed by atoms with E-state index >= 15 is 0 Å². The normalized spacial score (nSPS) is 15.7. The molecule has 0 saturated heterocycles. The maximum atomic E-state index is 2.52. The van der Waals surface area contributed by atoms with Crippen molar-refractivity contribution in [3.05, 3.63) is 216 Å². The zero-order valence-electron chi connectivity index (χ0n) is 29.7. The summed E-state index contributed by atoms with van der Waals surface area (Å²) in [6.07, 6.45) is 4.48. The maximum absolute atomic E-state index is 2.52. The van der Waals surface area contributed by atoms with E-state index in [2.05, 4.69) is 204 Å². The van der Waals surface area contributed by atoms with Gasteiger partial charge in [0.05, 0.1) is 0 Å². The van der Waals surface area contributed by atoms with Gasteiger partial charge in [0, 0.05) is 39.5 Å². The first-order chi connectivity index (χ1) is 26.2. The van der Waals surface area contributed by atoms with E-state index < -0.39 is 0 Å². The van der Waals surface area contributed by atoms with Crippen LogP contribution in [0.1, 0.15) is 35.1 Å². The summed E-state index contributed by atoms with van der Waals surface area (Å²) in [5.74, 6) is 0. The van der Waals surface area contributed by atoms with Crippen molar-refractivity contribution >= 4 is 44.9 Å². The van der Waals surface area contributed by atoms with Crippen molar-refractivity contribution in [2.45, 2.75) is 31.1 Å². The molecule has 53 heavy (non-hydrogen) atoms. The van der Waals surface area contributed by atoms with Crippen LogP contribution in [0.2, 0.25) is 0 Å². The van der Waals surface area contributed by atoms with Gasteiger partial charge >= 0.3 is 0 Å². The van der Waals surface area contributed by atoms with E-state index in [1.165, 1.54) is 72.6 Å². The van der Waals surface area contributed by atoms with Crippen LogP contribution >= 0.6 is 0 Å². The fourth-order valence-electron chi connectivity index (χ4n) is 9.04. The lowest BCUT2D eigenvalue weighted by molar-refractivity contribution is 0.507. The lowest BCUT2D eigenvalue weighted by atomic mass is 9.76. The molecule has 1 spiro atoms. The van der Waals surface area contributed by atoms with E-state index in [1.54, 1.807) is 0 Å². The SMILES string of the molecule is c1ccc(-c2ccc(N(c3ccc4c(c3)[C@]3(CCc5ccc(N(c6ccccc6)c6ccccc6)cc53)CC4)c3ccc4ccccc4c3)cc2)cc1. The molecule has 0 fully saturated rings. The van der Waals surface area contributed by atoms with Gasteiger partial charge in [-0.05, 0) is 143 Å². The number of anilines is 6. The molecule has 8 aromatic rings. The maximum Gasteiger partial charge on any atom is 0.0468 e. The van der Waals surface area contributed by atoms with Crippen molar-refractivity contribution in [1.82, 2.24) is 0 Å². The number of hydrogen-bond acceptors (Lipinski definition) is 2. The highest BCUT2D eigenvalue weighted by molar-refractivity contribution is 5.90. The van der Waals surface area contributed by atoms with Crippen LogP contribution in [0, 0.1) is 0 Å². The molecule has 1 atom stereocenters. The van der Waals surface area contributed by atoms with Crippen molar-refractivity contribution in [3.8, 4) is 11.1 Å². The van der Waals surface area contributed by atoms with Gasteiger partial charge in [-0.15, -0.1) is 0 Å². The molecule has 10 rings (SSSR count). The van der Waals surface area contributed by atoms with Gasteiger partial charge in [-0.1, -0.05) is 121 Å². The molecular weight excluding hydrogens is 641 g/mol. The largest absolute Gasteiger partial charge is 0.310 e. The van der Waals surface area contributed by atoms with Crippen molar-refractivity contribution < 1.29 is 0 Å². The second-order valence-corrected chi connectivity index (χ2v) is 14.6. The average molecular weight is 681 g/mol. The molecule has 0 unspecified atom stereocenters. The van der Waals surface area contributed by atoms with Gasteiger partial charge in [-0.25, -0.2) is 0 Å². The molecule has 0 aliphatic heterocycles. The molecule has 0 aromatic heterocycles. The lowest BCUT2D eigenvalue weighted by Crippen LogP contribution is -2.22. The Balaban J connectivity index is 1.09. The molecule has 254 valence electrons. The van der Waals surface area contributed by atoms with Gasteiger partial charge in [0.25, 0.3) is 0 Å². The van der Waals surface area contributed by atoms with Crippen LogP contribution in [0.15, 0.2) is 194 Å². The minimum absolute atomic E-state index is 0.0120. The Hall–Kier alpha value is -6.38. The number of aryl methyl sites for hydroxylation is 2. The van der Waals surface area contributed by atoms with Gasteiger partial charge in [0.2, 0.25) is 0 Å². The third kappa shape index (κ3) is 5.50. The van der Waals surface area contributed by atoms with Crippen molar-refractivity contribution in [1.29, 1.82) is 0 Å². The summed E-state index contributed by atoms with van der Waals surface area (Å²) in [5.41, 5.74) is 15.5. The van der Waals surface area contributed by atoms with Gasteiger partial charge in [-0.2, -0.15) is 0 Å². The van der Waals surface area contributed by atoms with Crippen molar-refractivity contribution in [2.24, 2.45) is 0 Å². The molecule has 0 N–H and O–H groups in total. The first-order valence-electron chi connectivity index (χ1n) is 18.9. The van der Waals surface area contributed by atoms with Crippen LogP contribution in [0.25, 0.3) is 21.9 Å². The summed E-state index contributed by atoms with van der Waals surface area (Å²) in [6, 6.07) is 71.3. The van der Waals surface area contributed by atoms with Crippen LogP contribution in [0.4, 0.5) is 34.1 Å². The molecular formula is C51H40N2. The highest BCUT2D eigenvalue weighted by Gasteiger charge is 2.45. The van der Waals surface area contributed by atoms with Gasteiger partial charge in [0.15, 0.2) is 0 Å². The minimum Gasteiger partial charge on any atom is -0.310 e. The van der Waals surface area contributed by atoms with Gasteiger partial charge in [-0.3, -0.25) is 0 Å². The molecule has 2 nitrogen and oxygen atoms in total. The van der Waals surface area contributed by atoms with Gasteiger partial charge in [0.1, 0.15) is 0 Å². The molecule has 8 aromatic carbocycles. The lowest BCUT2D eigenvalue weighted by Gasteiger charge is -2.31. The van der Waals surface area contributed by atoms with Crippen molar-refractivity contribution in [3.63, 3.8) is 0 Å². The van der Waals surface area contributed by atoms with Crippen LogP contribution < -0.4 is 9.80 Å². The minimum atomic E-state index is -0.0120. The summed E-state index contributed by atoms with van der Waals surface area (Å²) in [4.78, 5) is 4.85. The predicted molar refractivity (Wildman–Crippen MR) is 223 cm³/mol. The number of nitrogens with zero attached hydrogens (tertiary/aromatic N) is 2. The summed E-state index contributed by atoms with van der Waals surface area (Å²) in [7, 11) is 0. The Labute approximate surface area is 312 Å². The fraction of sp³-hybridized carbons (Fsp3) is 0.0980. The zero-order valence-corrected chi connectivity index (χ0v) is 29.7. The topological polar surface area (TPSA) is 6.48 Å². The van der Waals surface area contributed by atoms with Crippen molar-refractivity contribution in [2.75, 3.05) is 9.80 Å². The van der Waals surface area contributed by atoms with E-state index in [4.69, 9.17) is 0 Å². The number of rotatable bonds is 7. The van der Waals surface area contributed by atoms with E-state index in [0.717, 1.165) is 31.4 Å². The first-order valence-corrected chi connectivity index (χ1v) is 18.9. The summed E-state index contributed by atoms with van der Waals surface area (Å²) < 4.78 is 0. The summed E-state index contributed by atoms with van der Waals surface area (Å²) >= 11 is 0. The molecule has 0 heterocycles. The van der Waals surface area contributed by atoms with Crippen LogP contribution in [-0.2, 0) is 18.3 Å².